The molecule has 1 saturated carbocycles. The second-order valence-corrected chi connectivity index (χ2v) is 3.76. The van der Waals surface area contributed by atoms with Crippen molar-refractivity contribution in [3.8, 4) is 0 Å². The first-order valence-corrected chi connectivity index (χ1v) is 4.79. The lowest BCUT2D eigenvalue weighted by Crippen LogP contribution is -2.44. The number of Topliss-reactive ketones (excluding diaryl/α,β-unsaturated/α-hetero) is 1. The second kappa shape index (κ2) is 3.46. The Morgan fingerprint density at radius 3 is 2.71 bits per heavy atom. The summed E-state index contributed by atoms with van der Waals surface area (Å²) in [6.07, 6.45) is 7.47. The summed E-state index contributed by atoms with van der Waals surface area (Å²) < 4.78 is 0. The number of nitrogens with zero attached hydrogens (tertiary/aromatic N) is 2. The Bertz CT molecular complexity index is 327. The Kier molecular flexibility index (Phi) is 2.29. The van der Waals surface area contributed by atoms with Crippen molar-refractivity contribution in [2.24, 2.45) is 11.1 Å². The molecule has 0 spiro atoms. The lowest BCUT2D eigenvalue weighted by atomic mass is 9.65. The van der Waals surface area contributed by atoms with Crippen LogP contribution in [0.5, 0.6) is 0 Å². The molecule has 0 aromatic carbocycles. The van der Waals surface area contributed by atoms with Crippen LogP contribution in [0, 0.1) is 5.41 Å². The molecule has 0 saturated heterocycles. The lowest BCUT2D eigenvalue weighted by molar-refractivity contribution is 0.0629. The van der Waals surface area contributed by atoms with Crippen molar-refractivity contribution < 1.29 is 4.79 Å². The molecule has 0 aliphatic heterocycles. The van der Waals surface area contributed by atoms with E-state index in [0.717, 1.165) is 19.3 Å². The zero-order valence-corrected chi connectivity index (χ0v) is 7.94. The second-order valence-electron chi connectivity index (χ2n) is 3.76. The highest BCUT2D eigenvalue weighted by Gasteiger charge is 2.43. The zero-order chi connectivity index (χ0) is 10.0. The van der Waals surface area contributed by atoms with Gasteiger partial charge >= 0.3 is 0 Å². The van der Waals surface area contributed by atoms with Gasteiger partial charge in [-0.25, -0.2) is 4.98 Å². The normalized spacial score (nSPS) is 18.6. The number of rotatable bonds is 3. The molecule has 14 heavy (non-hydrogen) atoms. The summed E-state index contributed by atoms with van der Waals surface area (Å²) in [7, 11) is 0. The van der Waals surface area contributed by atoms with Gasteiger partial charge in [0.1, 0.15) is 5.69 Å². The number of hydrogen-bond donors (Lipinski definition) is 1. The molecule has 1 heterocycles. The third-order valence-electron chi connectivity index (χ3n) is 2.98. The minimum atomic E-state index is -0.337. The van der Waals surface area contributed by atoms with Crippen LogP contribution in [0.4, 0.5) is 0 Å². The average molecular weight is 191 g/mol. The first-order chi connectivity index (χ1) is 6.78. The van der Waals surface area contributed by atoms with Gasteiger partial charge in [0.15, 0.2) is 5.78 Å². The third-order valence-corrected chi connectivity index (χ3v) is 2.98. The molecule has 1 aromatic heterocycles. The molecule has 1 aliphatic carbocycles. The quantitative estimate of drug-likeness (QED) is 0.717. The van der Waals surface area contributed by atoms with Crippen molar-refractivity contribution in [1.29, 1.82) is 0 Å². The van der Waals surface area contributed by atoms with E-state index < -0.39 is 0 Å². The molecule has 74 valence electrons. The van der Waals surface area contributed by atoms with Gasteiger partial charge in [0.05, 0.1) is 6.20 Å². The summed E-state index contributed by atoms with van der Waals surface area (Å²) in [5.41, 5.74) is 5.74. The Morgan fingerprint density at radius 2 is 2.29 bits per heavy atom. The van der Waals surface area contributed by atoms with E-state index >= 15 is 0 Å². The van der Waals surface area contributed by atoms with E-state index in [0.29, 0.717) is 12.2 Å². The number of nitrogens with two attached hydrogens (primary N) is 1. The molecule has 0 amide bonds. The molecule has 0 bridgehead atoms. The average Bonchev–Trinajstić information content (AvgIpc) is 2.18. The Morgan fingerprint density at radius 1 is 1.50 bits per heavy atom. The predicted octanol–water partition coefficient (Wildman–Crippen LogP) is 0.788. The van der Waals surface area contributed by atoms with Crippen LogP contribution in [0.2, 0.25) is 0 Å². The third kappa shape index (κ3) is 1.32. The van der Waals surface area contributed by atoms with Gasteiger partial charge in [0.25, 0.3) is 0 Å². The molecule has 2 N–H and O–H groups in total. The van der Waals surface area contributed by atoms with Gasteiger partial charge in [-0.2, -0.15) is 0 Å². The van der Waals surface area contributed by atoms with E-state index in [1.807, 2.05) is 0 Å². The first-order valence-electron chi connectivity index (χ1n) is 4.79. The van der Waals surface area contributed by atoms with Crippen LogP contribution in [-0.4, -0.2) is 22.3 Å². The van der Waals surface area contributed by atoms with Crippen LogP contribution in [0.3, 0.4) is 0 Å². The smallest absolute Gasteiger partial charge is 0.190 e. The Hall–Kier alpha value is -1.29. The molecule has 0 unspecified atom stereocenters. The molecule has 0 radical (unpaired) electrons. The molecule has 1 aromatic rings. The molecule has 1 fully saturated rings. The van der Waals surface area contributed by atoms with Gasteiger partial charge in [0.2, 0.25) is 0 Å². The first kappa shape index (κ1) is 9.27. The summed E-state index contributed by atoms with van der Waals surface area (Å²) in [4.78, 5) is 19.9. The lowest BCUT2D eigenvalue weighted by Gasteiger charge is -2.38. The monoisotopic (exact) mass is 191 g/mol. The van der Waals surface area contributed by atoms with E-state index in [1.165, 1.54) is 12.4 Å². The van der Waals surface area contributed by atoms with Gasteiger partial charge in [0, 0.05) is 24.4 Å². The van der Waals surface area contributed by atoms with Crippen molar-refractivity contribution in [2.45, 2.75) is 19.3 Å². The predicted molar refractivity (Wildman–Crippen MR) is 51.7 cm³/mol. The molecule has 0 atom stereocenters. The van der Waals surface area contributed by atoms with E-state index in [2.05, 4.69) is 9.97 Å². The van der Waals surface area contributed by atoms with E-state index in [-0.39, 0.29) is 11.2 Å². The summed E-state index contributed by atoms with van der Waals surface area (Å²) in [5.74, 6) is 0.0550. The van der Waals surface area contributed by atoms with Crippen molar-refractivity contribution >= 4 is 5.78 Å². The van der Waals surface area contributed by atoms with Crippen LogP contribution in [0.15, 0.2) is 18.6 Å². The van der Waals surface area contributed by atoms with Crippen molar-refractivity contribution in [2.75, 3.05) is 6.54 Å². The number of carbonyl (C=O) groups excluding carboxylic acids is 1. The molecule has 2 rings (SSSR count). The Labute approximate surface area is 82.6 Å². The topological polar surface area (TPSA) is 68.9 Å². The minimum absolute atomic E-state index is 0.0550. The van der Waals surface area contributed by atoms with Gasteiger partial charge < -0.3 is 5.73 Å². The number of hydrogen-bond acceptors (Lipinski definition) is 4. The van der Waals surface area contributed by atoms with Crippen molar-refractivity contribution in [3.63, 3.8) is 0 Å². The molecular formula is C10H13N3O. The molecule has 1 aliphatic rings. The largest absolute Gasteiger partial charge is 0.329 e. The van der Waals surface area contributed by atoms with E-state index in [4.69, 9.17) is 5.73 Å². The highest BCUT2D eigenvalue weighted by molar-refractivity contribution is 5.99. The zero-order valence-electron chi connectivity index (χ0n) is 7.94. The van der Waals surface area contributed by atoms with Crippen molar-refractivity contribution in [3.05, 3.63) is 24.3 Å². The maximum Gasteiger partial charge on any atom is 0.190 e. The van der Waals surface area contributed by atoms with Crippen LogP contribution in [0.1, 0.15) is 29.8 Å². The molecular weight excluding hydrogens is 178 g/mol. The summed E-state index contributed by atoms with van der Waals surface area (Å²) in [6, 6.07) is 0. The fourth-order valence-electron chi connectivity index (χ4n) is 1.82. The maximum atomic E-state index is 12.0. The number of aromatic nitrogens is 2. The van der Waals surface area contributed by atoms with Crippen LogP contribution < -0.4 is 5.73 Å². The highest BCUT2D eigenvalue weighted by atomic mass is 16.1. The summed E-state index contributed by atoms with van der Waals surface area (Å²) in [5, 5.41) is 0. The molecule has 4 nitrogen and oxygen atoms in total. The van der Waals surface area contributed by atoms with Gasteiger partial charge in [-0.15, -0.1) is 0 Å². The van der Waals surface area contributed by atoms with Crippen molar-refractivity contribution in [1.82, 2.24) is 9.97 Å². The van der Waals surface area contributed by atoms with Gasteiger partial charge in [-0.05, 0) is 12.8 Å². The van der Waals surface area contributed by atoms with E-state index in [1.54, 1.807) is 6.20 Å². The van der Waals surface area contributed by atoms with Crippen LogP contribution in [-0.2, 0) is 0 Å². The van der Waals surface area contributed by atoms with Crippen LogP contribution >= 0.6 is 0 Å². The number of carbonyl (C=O) groups is 1. The van der Waals surface area contributed by atoms with Gasteiger partial charge in [-0.3, -0.25) is 9.78 Å². The molecule has 4 heteroatoms. The fraction of sp³-hybridized carbons (Fsp3) is 0.500. The summed E-state index contributed by atoms with van der Waals surface area (Å²) in [6.45, 7) is 0.419. The SMILES string of the molecule is NCC1(C(=O)c2cnccn2)CCC1. The highest BCUT2D eigenvalue weighted by Crippen LogP contribution is 2.42. The maximum absolute atomic E-state index is 12.0. The minimum Gasteiger partial charge on any atom is -0.329 e. The van der Waals surface area contributed by atoms with Gasteiger partial charge in [-0.1, -0.05) is 6.42 Å². The summed E-state index contributed by atoms with van der Waals surface area (Å²) >= 11 is 0. The number of ketones is 1. The fourth-order valence-corrected chi connectivity index (χ4v) is 1.82. The van der Waals surface area contributed by atoms with Crippen LogP contribution in [0.25, 0.3) is 0 Å². The van der Waals surface area contributed by atoms with E-state index in [9.17, 15) is 4.79 Å². The Balaban J connectivity index is 2.23. The standard InChI is InChI=1S/C10H13N3O/c11-7-10(2-1-3-10)9(14)8-6-12-4-5-13-8/h4-6H,1-3,7,11H2.